The summed E-state index contributed by atoms with van der Waals surface area (Å²) in [4.78, 5) is 0. The topological polar surface area (TPSA) is 21.3 Å². The van der Waals surface area contributed by atoms with Crippen LogP contribution in [0, 0.1) is 5.92 Å². The van der Waals surface area contributed by atoms with Crippen molar-refractivity contribution >= 4 is 11.6 Å². The maximum Gasteiger partial charge on any atom is 0.0591 e. The van der Waals surface area contributed by atoms with Gasteiger partial charge in [0.2, 0.25) is 0 Å². The molecule has 0 aromatic heterocycles. The van der Waals surface area contributed by atoms with Gasteiger partial charge in [-0.05, 0) is 38.0 Å². The van der Waals surface area contributed by atoms with Crippen molar-refractivity contribution in [1.82, 2.24) is 5.32 Å². The number of alkyl halides is 1. The number of rotatable bonds is 7. The molecule has 16 heavy (non-hydrogen) atoms. The highest BCUT2D eigenvalue weighted by Crippen LogP contribution is 2.22. The summed E-state index contributed by atoms with van der Waals surface area (Å²) < 4.78 is 5.57. The van der Waals surface area contributed by atoms with Crippen molar-refractivity contribution in [2.24, 2.45) is 5.92 Å². The summed E-state index contributed by atoms with van der Waals surface area (Å²) in [5.74, 6) is 0.743. The Kier molecular flexibility index (Phi) is 7.42. The van der Waals surface area contributed by atoms with E-state index in [2.05, 4.69) is 19.2 Å². The summed E-state index contributed by atoms with van der Waals surface area (Å²) >= 11 is 6.06. The normalized spacial score (nSPS) is 26.2. The first kappa shape index (κ1) is 14.3. The molecule has 96 valence electrons. The molecule has 0 spiro atoms. The quantitative estimate of drug-likeness (QED) is 0.551. The van der Waals surface area contributed by atoms with E-state index in [4.69, 9.17) is 16.3 Å². The summed E-state index contributed by atoms with van der Waals surface area (Å²) in [6, 6.07) is 0.670. The van der Waals surface area contributed by atoms with Crippen molar-refractivity contribution in [1.29, 1.82) is 0 Å². The zero-order valence-electron chi connectivity index (χ0n) is 10.7. The Morgan fingerprint density at radius 1 is 1.19 bits per heavy atom. The van der Waals surface area contributed by atoms with Crippen molar-refractivity contribution in [2.75, 3.05) is 19.8 Å². The predicted molar refractivity (Wildman–Crippen MR) is 70.2 cm³/mol. The zero-order chi connectivity index (χ0) is 11.8. The number of hydrogen-bond acceptors (Lipinski definition) is 2. The van der Waals surface area contributed by atoms with Gasteiger partial charge in [-0.15, -0.1) is 11.6 Å². The minimum Gasteiger partial charge on any atom is -0.380 e. The van der Waals surface area contributed by atoms with Gasteiger partial charge >= 0.3 is 0 Å². The Morgan fingerprint density at radius 3 is 2.50 bits per heavy atom. The third-order valence-corrected chi connectivity index (χ3v) is 3.61. The van der Waals surface area contributed by atoms with Crippen LogP contribution in [0.4, 0.5) is 0 Å². The van der Waals surface area contributed by atoms with Gasteiger partial charge in [-0.1, -0.05) is 13.8 Å². The summed E-state index contributed by atoms with van der Waals surface area (Å²) in [7, 11) is 0. The van der Waals surface area contributed by atoms with Gasteiger partial charge in [0.15, 0.2) is 0 Å². The fourth-order valence-electron chi connectivity index (χ4n) is 2.01. The Balaban J connectivity index is 1.87. The average molecular weight is 248 g/mol. The Morgan fingerprint density at radius 2 is 1.88 bits per heavy atom. The molecule has 1 rings (SSSR count). The maximum atomic E-state index is 6.06. The number of halogens is 1. The molecule has 0 aromatic carbocycles. The summed E-state index contributed by atoms with van der Waals surface area (Å²) in [5, 5.41) is 3.96. The molecule has 0 bridgehead atoms. The van der Waals surface area contributed by atoms with Crippen LogP contribution >= 0.6 is 11.6 Å². The van der Waals surface area contributed by atoms with E-state index in [1.807, 2.05) is 0 Å². The Bertz CT molecular complexity index is 167. The molecule has 1 fully saturated rings. The molecule has 0 atom stereocenters. The van der Waals surface area contributed by atoms with Crippen molar-refractivity contribution < 1.29 is 4.74 Å². The van der Waals surface area contributed by atoms with Gasteiger partial charge in [0, 0.05) is 24.6 Å². The van der Waals surface area contributed by atoms with Crippen molar-refractivity contribution in [3.63, 3.8) is 0 Å². The number of nitrogens with one attached hydrogen (secondary N) is 1. The van der Waals surface area contributed by atoms with Crippen LogP contribution in [0.5, 0.6) is 0 Å². The first-order valence-corrected chi connectivity index (χ1v) is 7.07. The van der Waals surface area contributed by atoms with Gasteiger partial charge in [0.1, 0.15) is 0 Å². The molecule has 0 amide bonds. The first-order chi connectivity index (χ1) is 7.68. The molecule has 0 aliphatic heterocycles. The van der Waals surface area contributed by atoms with Crippen LogP contribution in [0.25, 0.3) is 0 Å². The van der Waals surface area contributed by atoms with Crippen LogP contribution in [0.3, 0.4) is 0 Å². The fourth-order valence-corrected chi connectivity index (χ4v) is 2.27. The highest BCUT2D eigenvalue weighted by atomic mass is 35.5. The molecule has 2 nitrogen and oxygen atoms in total. The molecule has 0 radical (unpaired) electrons. The summed E-state index contributed by atoms with van der Waals surface area (Å²) in [6.45, 7) is 7.18. The molecular weight excluding hydrogens is 222 g/mol. The van der Waals surface area contributed by atoms with E-state index in [1.165, 1.54) is 12.8 Å². The maximum absolute atomic E-state index is 6.06. The second-order valence-electron chi connectivity index (χ2n) is 5.20. The molecule has 0 saturated heterocycles. The second kappa shape index (κ2) is 8.32. The van der Waals surface area contributed by atoms with E-state index in [9.17, 15) is 0 Å². The Labute approximate surface area is 105 Å². The largest absolute Gasteiger partial charge is 0.380 e. The van der Waals surface area contributed by atoms with Crippen molar-refractivity contribution in [3.8, 4) is 0 Å². The molecule has 1 aliphatic carbocycles. The molecule has 1 aliphatic rings. The fraction of sp³-hybridized carbons (Fsp3) is 1.00. The second-order valence-corrected chi connectivity index (χ2v) is 5.82. The summed E-state index contributed by atoms with van der Waals surface area (Å²) in [5.41, 5.74) is 0. The minimum absolute atomic E-state index is 0.417. The monoisotopic (exact) mass is 247 g/mol. The molecule has 3 heteroatoms. The molecule has 0 unspecified atom stereocenters. The average Bonchev–Trinajstić information content (AvgIpc) is 2.25. The van der Waals surface area contributed by atoms with Gasteiger partial charge in [-0.25, -0.2) is 0 Å². The van der Waals surface area contributed by atoms with Crippen LogP contribution in [-0.4, -0.2) is 31.2 Å². The van der Waals surface area contributed by atoms with E-state index in [1.54, 1.807) is 0 Å². The van der Waals surface area contributed by atoms with E-state index in [0.717, 1.165) is 44.9 Å². The lowest BCUT2D eigenvalue weighted by Gasteiger charge is -2.25. The lowest BCUT2D eigenvalue weighted by atomic mass is 9.95. The molecule has 0 aromatic rings. The molecule has 0 heterocycles. The van der Waals surface area contributed by atoms with Crippen LogP contribution in [0.15, 0.2) is 0 Å². The number of ether oxygens (including phenoxy) is 1. The predicted octanol–water partition coefficient (Wildman–Crippen LogP) is 3.19. The first-order valence-electron chi connectivity index (χ1n) is 6.63. The van der Waals surface area contributed by atoms with Gasteiger partial charge in [-0.3, -0.25) is 0 Å². The van der Waals surface area contributed by atoms with Crippen molar-refractivity contribution in [3.05, 3.63) is 0 Å². The molecule has 1 saturated carbocycles. The van der Waals surface area contributed by atoms with E-state index in [0.29, 0.717) is 11.4 Å². The van der Waals surface area contributed by atoms with Crippen molar-refractivity contribution in [2.45, 2.75) is 57.4 Å². The number of hydrogen-bond donors (Lipinski definition) is 1. The summed E-state index contributed by atoms with van der Waals surface area (Å²) in [6.07, 6.45) is 5.93. The van der Waals surface area contributed by atoms with Crippen LogP contribution < -0.4 is 5.32 Å². The minimum atomic E-state index is 0.417. The lowest BCUT2D eigenvalue weighted by Crippen LogP contribution is -2.35. The third-order valence-electron chi connectivity index (χ3n) is 3.18. The van der Waals surface area contributed by atoms with Gasteiger partial charge < -0.3 is 10.1 Å². The lowest BCUT2D eigenvalue weighted by molar-refractivity contribution is 0.122. The standard InChI is InChI=1S/C13H26ClNO/c1-11(2)7-9-16-10-8-15-13-5-3-12(14)4-6-13/h11-13,15H,3-10H2,1-2H3. The van der Waals surface area contributed by atoms with E-state index >= 15 is 0 Å². The highest BCUT2D eigenvalue weighted by Gasteiger charge is 2.18. The Hall–Kier alpha value is 0.210. The van der Waals surface area contributed by atoms with Gasteiger partial charge in [-0.2, -0.15) is 0 Å². The van der Waals surface area contributed by atoms with Gasteiger partial charge in [0.05, 0.1) is 6.61 Å². The molecular formula is C13H26ClNO. The zero-order valence-corrected chi connectivity index (χ0v) is 11.4. The smallest absolute Gasteiger partial charge is 0.0591 e. The van der Waals surface area contributed by atoms with Crippen LogP contribution in [-0.2, 0) is 4.74 Å². The molecule has 1 N–H and O–H groups in total. The van der Waals surface area contributed by atoms with E-state index < -0.39 is 0 Å². The van der Waals surface area contributed by atoms with Gasteiger partial charge in [0.25, 0.3) is 0 Å². The third kappa shape index (κ3) is 6.72. The van der Waals surface area contributed by atoms with Crippen LogP contribution in [0.2, 0.25) is 0 Å². The van der Waals surface area contributed by atoms with E-state index in [-0.39, 0.29) is 0 Å². The van der Waals surface area contributed by atoms with Crippen LogP contribution in [0.1, 0.15) is 46.0 Å². The highest BCUT2D eigenvalue weighted by molar-refractivity contribution is 6.20. The SMILES string of the molecule is CC(C)CCOCCNC1CCC(Cl)CC1.